The van der Waals surface area contributed by atoms with Crippen molar-refractivity contribution in [3.63, 3.8) is 0 Å². The van der Waals surface area contributed by atoms with E-state index in [9.17, 15) is 19.8 Å². The second-order valence-corrected chi connectivity index (χ2v) is 11.1. The summed E-state index contributed by atoms with van der Waals surface area (Å²) >= 11 is 6.28. The molecule has 210 valence electrons. The molecule has 0 saturated heterocycles. The average Bonchev–Trinajstić information content (AvgIpc) is 2.95. The number of allylic oxidation sites excluding steroid dienone is 1. The molecule has 2 aliphatic rings. The standard InChI is InChI=1S/C31H39ClN2O5/c1-22-29(35)33(2)16-8-5-3-4-6-9-17-34-18-10-7-11-23-19-26(32)14-12-24(23)21-39-28-15-13-25(20-27(28)34)31(22,38)30(36)37/h5,8,12-15,19-20,22,38H,3-4,6-7,9-11,16-18,21H2,1-2H3,(H,36,37)/b8-5-/t22-,31-/m1/s1. The number of carbonyl (C=O) groups excluding carboxylic acids is 1. The summed E-state index contributed by atoms with van der Waals surface area (Å²) in [6.07, 6.45) is 10.8. The van der Waals surface area contributed by atoms with Crippen molar-refractivity contribution in [2.75, 3.05) is 31.6 Å². The maximum Gasteiger partial charge on any atom is 0.341 e. The van der Waals surface area contributed by atoms with Gasteiger partial charge in [0.1, 0.15) is 12.4 Å². The Labute approximate surface area is 236 Å². The van der Waals surface area contributed by atoms with Crippen LogP contribution in [0.25, 0.3) is 0 Å². The smallest absolute Gasteiger partial charge is 0.341 e. The molecule has 7 nitrogen and oxygen atoms in total. The fourth-order valence-corrected chi connectivity index (χ4v) is 5.66. The van der Waals surface area contributed by atoms with Gasteiger partial charge in [0.25, 0.3) is 0 Å². The third-order valence-corrected chi connectivity index (χ3v) is 8.19. The summed E-state index contributed by atoms with van der Waals surface area (Å²) < 4.78 is 6.35. The van der Waals surface area contributed by atoms with Crippen LogP contribution in [0.15, 0.2) is 48.6 Å². The summed E-state index contributed by atoms with van der Waals surface area (Å²) in [6.45, 7) is 3.73. The number of aliphatic carboxylic acids is 1. The number of anilines is 1. The Morgan fingerprint density at radius 3 is 2.56 bits per heavy atom. The Morgan fingerprint density at radius 1 is 1.03 bits per heavy atom. The maximum atomic E-state index is 13.2. The minimum atomic E-state index is -2.40. The number of nitrogens with zero attached hydrogens (tertiary/aromatic N) is 2. The van der Waals surface area contributed by atoms with Crippen LogP contribution < -0.4 is 9.64 Å². The molecule has 2 bridgehead atoms. The summed E-state index contributed by atoms with van der Waals surface area (Å²) in [4.78, 5) is 29.5. The van der Waals surface area contributed by atoms with E-state index in [1.807, 2.05) is 24.3 Å². The number of carboxylic acids is 1. The third kappa shape index (κ3) is 6.59. The van der Waals surface area contributed by atoms with Gasteiger partial charge >= 0.3 is 5.97 Å². The molecule has 0 aliphatic carbocycles. The minimum Gasteiger partial charge on any atom is -0.487 e. The number of aryl methyl sites for hydroxylation is 1. The highest BCUT2D eigenvalue weighted by Crippen LogP contribution is 2.39. The zero-order valence-corrected chi connectivity index (χ0v) is 23.6. The fraction of sp³-hybridized carbons (Fsp3) is 0.484. The maximum absolute atomic E-state index is 13.2. The molecule has 0 saturated carbocycles. The summed E-state index contributed by atoms with van der Waals surface area (Å²) in [7, 11) is 1.63. The summed E-state index contributed by atoms with van der Waals surface area (Å²) in [6, 6.07) is 10.9. The van der Waals surface area contributed by atoms with Crippen molar-refractivity contribution in [3.05, 3.63) is 70.3 Å². The third-order valence-electron chi connectivity index (χ3n) is 7.96. The molecule has 0 aromatic heterocycles. The molecular formula is C31H39ClN2O5. The summed E-state index contributed by atoms with van der Waals surface area (Å²) in [5, 5.41) is 22.6. The number of halogens is 1. The van der Waals surface area contributed by atoms with Gasteiger partial charge in [0.05, 0.1) is 11.6 Å². The molecular weight excluding hydrogens is 516 g/mol. The number of benzene rings is 2. The Kier molecular flexibility index (Phi) is 9.57. The molecule has 2 aromatic rings. The highest BCUT2D eigenvalue weighted by molar-refractivity contribution is 6.30. The number of amides is 1. The first kappa shape index (κ1) is 29.0. The summed E-state index contributed by atoms with van der Waals surface area (Å²) in [5.41, 5.74) is 0.743. The number of hydrogen-bond acceptors (Lipinski definition) is 5. The van der Waals surface area contributed by atoms with Gasteiger partial charge in [0, 0.05) is 31.7 Å². The van der Waals surface area contributed by atoms with Gasteiger partial charge in [-0.3, -0.25) is 4.79 Å². The second kappa shape index (κ2) is 12.9. The molecule has 0 fully saturated rings. The normalized spacial score (nSPS) is 24.2. The van der Waals surface area contributed by atoms with Gasteiger partial charge in [0.15, 0.2) is 5.60 Å². The molecule has 0 radical (unpaired) electrons. The van der Waals surface area contributed by atoms with Crippen molar-refractivity contribution in [2.24, 2.45) is 5.92 Å². The first-order valence-electron chi connectivity index (χ1n) is 13.9. The average molecular weight is 555 g/mol. The lowest BCUT2D eigenvalue weighted by Crippen LogP contribution is -2.49. The molecule has 2 heterocycles. The van der Waals surface area contributed by atoms with Crippen LogP contribution in [0.2, 0.25) is 5.02 Å². The highest BCUT2D eigenvalue weighted by Gasteiger charge is 2.48. The van der Waals surface area contributed by atoms with Crippen LogP contribution in [0, 0.1) is 5.92 Å². The molecule has 2 atom stereocenters. The van der Waals surface area contributed by atoms with Crippen molar-refractivity contribution in [3.8, 4) is 5.75 Å². The molecule has 1 amide bonds. The van der Waals surface area contributed by atoms with Crippen LogP contribution in [-0.2, 0) is 28.2 Å². The van der Waals surface area contributed by atoms with Crippen LogP contribution in [0.5, 0.6) is 5.75 Å². The van der Waals surface area contributed by atoms with E-state index in [0.717, 1.165) is 69.3 Å². The zero-order valence-electron chi connectivity index (χ0n) is 22.9. The van der Waals surface area contributed by atoms with Gasteiger partial charge in [-0.1, -0.05) is 42.3 Å². The van der Waals surface area contributed by atoms with Gasteiger partial charge in [0.2, 0.25) is 5.91 Å². The number of ether oxygens (including phenoxy) is 1. The Morgan fingerprint density at radius 2 is 1.79 bits per heavy atom. The van der Waals surface area contributed by atoms with Gasteiger partial charge < -0.3 is 24.7 Å². The lowest BCUT2D eigenvalue weighted by atomic mass is 9.81. The number of carbonyl (C=O) groups is 2. The van der Waals surface area contributed by atoms with Crippen LogP contribution in [0.1, 0.15) is 62.1 Å². The van der Waals surface area contributed by atoms with Gasteiger partial charge in [-0.2, -0.15) is 0 Å². The first-order chi connectivity index (χ1) is 18.7. The van der Waals surface area contributed by atoms with Crippen LogP contribution in [0.3, 0.4) is 0 Å². The second-order valence-electron chi connectivity index (χ2n) is 10.7. The molecule has 0 spiro atoms. The van der Waals surface area contributed by atoms with Crippen LogP contribution in [-0.4, -0.2) is 53.7 Å². The van der Waals surface area contributed by atoms with Crippen molar-refractivity contribution in [1.82, 2.24) is 4.90 Å². The van der Waals surface area contributed by atoms with E-state index in [-0.39, 0.29) is 5.56 Å². The van der Waals surface area contributed by atoms with Gasteiger partial charge in [-0.05, 0) is 86.4 Å². The number of rotatable bonds is 1. The van der Waals surface area contributed by atoms with Gasteiger partial charge in [-0.15, -0.1) is 0 Å². The predicted octanol–water partition coefficient (Wildman–Crippen LogP) is 5.56. The van der Waals surface area contributed by atoms with Crippen molar-refractivity contribution >= 4 is 29.2 Å². The number of carboxylic acid groups (broad SMARTS) is 1. The SMILES string of the molecule is C[C@@H]1C(=O)N(C)C/C=C\CCCCCN2CCCCc3cc(Cl)ccc3COc3ccc(cc32)[C@@]1(O)C(=O)O. The molecule has 2 N–H and O–H groups in total. The topological polar surface area (TPSA) is 90.3 Å². The molecule has 0 unspecified atom stereocenters. The van der Waals surface area contributed by atoms with Crippen molar-refractivity contribution < 1.29 is 24.5 Å². The number of hydrogen-bond donors (Lipinski definition) is 2. The molecule has 2 aliphatic heterocycles. The lowest BCUT2D eigenvalue weighted by molar-refractivity contribution is -0.172. The first-order valence-corrected chi connectivity index (χ1v) is 14.2. The number of aliphatic hydroxyl groups is 1. The molecule has 4 rings (SSSR count). The van der Waals surface area contributed by atoms with Crippen LogP contribution >= 0.6 is 11.6 Å². The van der Waals surface area contributed by atoms with E-state index in [1.54, 1.807) is 25.2 Å². The summed E-state index contributed by atoms with van der Waals surface area (Å²) in [5.74, 6) is -2.47. The predicted molar refractivity (Wildman–Crippen MR) is 153 cm³/mol. The van der Waals surface area contributed by atoms with Crippen LogP contribution in [0.4, 0.5) is 5.69 Å². The highest BCUT2D eigenvalue weighted by atomic mass is 35.5. The molecule has 8 heteroatoms. The monoisotopic (exact) mass is 554 g/mol. The fourth-order valence-electron chi connectivity index (χ4n) is 5.47. The van der Waals surface area contributed by atoms with E-state index >= 15 is 0 Å². The Bertz CT molecular complexity index is 1220. The van der Waals surface area contributed by atoms with E-state index in [1.165, 1.54) is 17.4 Å². The number of fused-ring (bicyclic) bond motifs is 2. The lowest BCUT2D eigenvalue weighted by Gasteiger charge is -2.34. The van der Waals surface area contributed by atoms with E-state index in [2.05, 4.69) is 11.0 Å². The number of likely N-dealkylation sites (N-methyl/N-ethyl adjacent to an activating group) is 1. The van der Waals surface area contributed by atoms with Gasteiger partial charge in [-0.25, -0.2) is 4.79 Å². The van der Waals surface area contributed by atoms with E-state index in [4.69, 9.17) is 16.3 Å². The minimum absolute atomic E-state index is 0.168. The Balaban J connectivity index is 1.79. The molecule has 39 heavy (non-hydrogen) atoms. The molecule has 2 aromatic carbocycles. The van der Waals surface area contributed by atoms with Crippen molar-refractivity contribution in [1.29, 1.82) is 0 Å². The van der Waals surface area contributed by atoms with E-state index in [0.29, 0.717) is 23.9 Å². The largest absolute Gasteiger partial charge is 0.487 e. The van der Waals surface area contributed by atoms with E-state index < -0.39 is 23.4 Å². The zero-order chi connectivity index (χ0) is 28.0. The Hall–Kier alpha value is -3.03. The quantitative estimate of drug-likeness (QED) is 0.449. The van der Waals surface area contributed by atoms with Crippen molar-refractivity contribution in [2.45, 2.75) is 64.1 Å².